The first kappa shape index (κ1) is 21.2. The maximum atomic E-state index is 12.9. The van der Waals surface area contributed by atoms with E-state index in [-0.39, 0.29) is 11.3 Å². The van der Waals surface area contributed by atoms with E-state index in [1.54, 1.807) is 54.5 Å². The van der Waals surface area contributed by atoms with Gasteiger partial charge in [0.1, 0.15) is 17.9 Å². The number of carbonyl (C=O) groups is 1. The summed E-state index contributed by atoms with van der Waals surface area (Å²) in [5, 5.41) is 7.42. The molecule has 0 radical (unpaired) electrons. The average Bonchev–Trinajstić information content (AvgIpc) is 3.16. The molecule has 1 N–H and O–H groups in total. The van der Waals surface area contributed by atoms with Crippen molar-refractivity contribution in [3.8, 4) is 22.9 Å². The summed E-state index contributed by atoms with van der Waals surface area (Å²) < 4.78 is 7.68. The van der Waals surface area contributed by atoms with Crippen molar-refractivity contribution >= 4 is 11.7 Å². The number of anilines is 1. The summed E-state index contributed by atoms with van der Waals surface area (Å²) in [5.74, 6) is 1.26. The Morgan fingerprint density at radius 3 is 2.59 bits per heavy atom. The van der Waals surface area contributed by atoms with Crippen LogP contribution < -0.4 is 10.1 Å². The zero-order valence-corrected chi connectivity index (χ0v) is 18.4. The Morgan fingerprint density at radius 2 is 1.88 bits per heavy atom. The lowest BCUT2D eigenvalue weighted by molar-refractivity contribution is 0.102. The molecule has 8 heteroatoms. The van der Waals surface area contributed by atoms with E-state index >= 15 is 0 Å². The van der Waals surface area contributed by atoms with Crippen molar-refractivity contribution in [2.75, 3.05) is 5.32 Å². The Bertz CT molecular complexity index is 1240. The number of nitrogens with one attached hydrogen (secondary N) is 1. The molecule has 0 aliphatic carbocycles. The van der Waals surface area contributed by atoms with Crippen molar-refractivity contribution in [2.24, 2.45) is 7.05 Å². The highest BCUT2D eigenvalue weighted by Gasteiger charge is 2.20. The van der Waals surface area contributed by atoms with E-state index in [1.165, 1.54) is 6.33 Å². The Kier molecular flexibility index (Phi) is 5.68. The number of pyridine rings is 1. The summed E-state index contributed by atoms with van der Waals surface area (Å²) >= 11 is 0. The number of ether oxygens (including phenoxy) is 1. The van der Waals surface area contributed by atoms with Gasteiger partial charge in [-0.15, -0.1) is 0 Å². The molecular weight excluding hydrogens is 404 g/mol. The smallest absolute Gasteiger partial charge is 0.256 e. The molecule has 0 bridgehead atoms. The summed E-state index contributed by atoms with van der Waals surface area (Å²) in [6, 6.07) is 14.3. The quantitative estimate of drug-likeness (QED) is 0.499. The van der Waals surface area contributed by atoms with Gasteiger partial charge in [0.25, 0.3) is 5.91 Å². The lowest BCUT2D eigenvalue weighted by Gasteiger charge is -2.13. The predicted molar refractivity (Wildman–Crippen MR) is 122 cm³/mol. The number of aromatic nitrogens is 5. The Morgan fingerprint density at radius 1 is 1.03 bits per heavy atom. The van der Waals surface area contributed by atoms with Crippen molar-refractivity contribution < 1.29 is 9.53 Å². The number of hydrogen-bond donors (Lipinski definition) is 1. The normalized spacial score (nSPS) is 11.2. The van der Waals surface area contributed by atoms with Crippen LogP contribution in [0.4, 0.5) is 5.82 Å². The van der Waals surface area contributed by atoms with Crippen LogP contribution in [0.15, 0.2) is 67.3 Å². The molecule has 1 amide bonds. The van der Waals surface area contributed by atoms with Crippen LogP contribution in [0.3, 0.4) is 0 Å². The molecule has 3 heterocycles. The zero-order valence-electron chi connectivity index (χ0n) is 18.4. The second-order valence-corrected chi connectivity index (χ2v) is 8.32. The molecule has 0 unspecified atom stereocenters. The van der Waals surface area contributed by atoms with Crippen LogP contribution in [-0.4, -0.2) is 30.6 Å². The predicted octanol–water partition coefficient (Wildman–Crippen LogP) is 4.61. The third kappa shape index (κ3) is 4.64. The van der Waals surface area contributed by atoms with Crippen molar-refractivity contribution in [1.82, 2.24) is 24.7 Å². The molecule has 32 heavy (non-hydrogen) atoms. The molecule has 162 valence electrons. The standard InChI is InChI=1S/C24H24N6O2/c1-24(2,3)20-14-21(30(4)29-20)28-22(31)16-7-5-8-17(13-16)32-23-18(9-6-11-26-23)19-10-12-25-15-27-19/h5-15H,1-4H3,(H,28,31). The molecule has 0 saturated heterocycles. The van der Waals surface area contributed by atoms with Gasteiger partial charge in [-0.3, -0.25) is 9.48 Å². The van der Waals surface area contributed by atoms with Crippen LogP contribution in [-0.2, 0) is 12.5 Å². The Labute approximate surface area is 186 Å². The molecular formula is C24H24N6O2. The minimum atomic E-state index is -0.254. The summed E-state index contributed by atoms with van der Waals surface area (Å²) in [6.07, 6.45) is 4.78. The number of carbonyl (C=O) groups excluding carboxylic acids is 1. The molecule has 4 aromatic rings. The minimum Gasteiger partial charge on any atom is -0.438 e. The van der Waals surface area contributed by atoms with Crippen molar-refractivity contribution in [3.05, 3.63) is 78.5 Å². The van der Waals surface area contributed by atoms with Crippen LogP contribution >= 0.6 is 0 Å². The highest BCUT2D eigenvalue weighted by molar-refractivity contribution is 6.04. The highest BCUT2D eigenvalue weighted by Crippen LogP contribution is 2.30. The van der Waals surface area contributed by atoms with Crippen molar-refractivity contribution in [1.29, 1.82) is 0 Å². The average molecular weight is 428 g/mol. The SMILES string of the molecule is Cn1nc(C(C)(C)C)cc1NC(=O)c1cccc(Oc2ncccc2-c2ccncn2)c1. The summed E-state index contributed by atoms with van der Waals surface area (Å²) in [5.41, 5.74) is 2.68. The van der Waals surface area contributed by atoms with Gasteiger partial charge >= 0.3 is 0 Å². The summed E-state index contributed by atoms with van der Waals surface area (Å²) in [7, 11) is 1.81. The first-order valence-electron chi connectivity index (χ1n) is 10.2. The molecule has 0 spiro atoms. The van der Waals surface area contributed by atoms with Gasteiger partial charge in [-0.1, -0.05) is 26.8 Å². The first-order valence-corrected chi connectivity index (χ1v) is 10.2. The molecule has 0 fully saturated rings. The van der Waals surface area contributed by atoms with Gasteiger partial charge in [0.15, 0.2) is 0 Å². The van der Waals surface area contributed by atoms with Crippen LogP contribution in [0.2, 0.25) is 0 Å². The number of amides is 1. The summed E-state index contributed by atoms with van der Waals surface area (Å²) in [6.45, 7) is 6.24. The van der Waals surface area contributed by atoms with Crippen LogP contribution in [0, 0.1) is 0 Å². The lowest BCUT2D eigenvalue weighted by Crippen LogP contribution is -2.14. The molecule has 0 atom stereocenters. The van der Waals surface area contributed by atoms with Crippen LogP contribution in [0.25, 0.3) is 11.3 Å². The number of benzene rings is 1. The van der Waals surface area contributed by atoms with Gasteiger partial charge in [-0.2, -0.15) is 5.10 Å². The molecule has 3 aromatic heterocycles. The van der Waals surface area contributed by atoms with Crippen molar-refractivity contribution in [2.45, 2.75) is 26.2 Å². The maximum Gasteiger partial charge on any atom is 0.256 e. The van der Waals surface area contributed by atoms with Gasteiger partial charge in [0.05, 0.1) is 17.0 Å². The van der Waals surface area contributed by atoms with E-state index < -0.39 is 0 Å². The van der Waals surface area contributed by atoms with Gasteiger partial charge in [0.2, 0.25) is 5.88 Å². The third-order valence-corrected chi connectivity index (χ3v) is 4.83. The van der Waals surface area contributed by atoms with E-state index in [1.807, 2.05) is 18.2 Å². The Balaban J connectivity index is 1.55. The summed E-state index contributed by atoms with van der Waals surface area (Å²) in [4.78, 5) is 25.4. The Hall–Kier alpha value is -4.07. The zero-order chi connectivity index (χ0) is 22.7. The number of nitrogens with zero attached hydrogens (tertiary/aromatic N) is 5. The van der Waals surface area contributed by atoms with E-state index in [4.69, 9.17) is 4.74 Å². The molecule has 4 rings (SSSR count). The van der Waals surface area contributed by atoms with E-state index in [0.717, 1.165) is 11.3 Å². The largest absolute Gasteiger partial charge is 0.438 e. The second kappa shape index (κ2) is 8.58. The molecule has 0 aliphatic rings. The molecule has 1 aromatic carbocycles. The van der Waals surface area contributed by atoms with Gasteiger partial charge in [-0.25, -0.2) is 15.0 Å². The highest BCUT2D eigenvalue weighted by atomic mass is 16.5. The minimum absolute atomic E-state index is 0.113. The molecule has 0 aliphatic heterocycles. The third-order valence-electron chi connectivity index (χ3n) is 4.83. The fourth-order valence-electron chi connectivity index (χ4n) is 3.07. The lowest BCUT2D eigenvalue weighted by atomic mass is 9.92. The number of hydrogen-bond acceptors (Lipinski definition) is 6. The topological polar surface area (TPSA) is 94.8 Å². The number of aryl methyl sites for hydroxylation is 1. The fourth-order valence-corrected chi connectivity index (χ4v) is 3.07. The first-order chi connectivity index (χ1) is 15.3. The fraction of sp³-hybridized carbons (Fsp3) is 0.208. The van der Waals surface area contributed by atoms with Crippen molar-refractivity contribution in [3.63, 3.8) is 0 Å². The van der Waals surface area contributed by atoms with Crippen LogP contribution in [0.1, 0.15) is 36.8 Å². The van der Waals surface area contributed by atoms with Crippen LogP contribution in [0.5, 0.6) is 11.6 Å². The van der Waals surface area contributed by atoms with Gasteiger partial charge < -0.3 is 10.1 Å². The molecule has 0 saturated carbocycles. The maximum absolute atomic E-state index is 12.9. The van der Waals surface area contributed by atoms with E-state index in [0.29, 0.717) is 28.7 Å². The van der Waals surface area contributed by atoms with E-state index in [2.05, 4.69) is 46.1 Å². The number of rotatable bonds is 5. The van der Waals surface area contributed by atoms with Gasteiger partial charge in [-0.05, 0) is 36.4 Å². The molecule has 8 nitrogen and oxygen atoms in total. The second-order valence-electron chi connectivity index (χ2n) is 8.32. The van der Waals surface area contributed by atoms with Gasteiger partial charge in [0, 0.05) is 36.5 Å². The monoisotopic (exact) mass is 428 g/mol. The van der Waals surface area contributed by atoms with E-state index in [9.17, 15) is 4.79 Å².